The average molecular weight is 296 g/mol. The summed E-state index contributed by atoms with van der Waals surface area (Å²) in [5, 5.41) is 6.78. The largest absolute Gasteiger partial charge is 0.372 e. The van der Waals surface area contributed by atoms with E-state index in [1.165, 1.54) is 0 Å². The number of carbonyl (C=O) groups is 1. The summed E-state index contributed by atoms with van der Waals surface area (Å²) in [4.78, 5) is 18.1. The van der Waals surface area contributed by atoms with Crippen molar-refractivity contribution in [3.63, 3.8) is 0 Å². The van der Waals surface area contributed by atoms with Crippen molar-refractivity contribution in [2.24, 2.45) is 0 Å². The number of nitrogens with zero attached hydrogens (tertiary/aromatic N) is 3. The second kappa shape index (κ2) is 6.89. The molecular formula is C14H24N4O3. The number of carbonyl (C=O) groups excluding carboxylic acids is 1. The Labute approximate surface area is 125 Å². The predicted molar refractivity (Wildman–Crippen MR) is 77.1 cm³/mol. The van der Waals surface area contributed by atoms with Gasteiger partial charge in [0, 0.05) is 32.0 Å². The Hall–Kier alpha value is -1.63. The number of hydrogen-bond donors (Lipinski definition) is 1. The van der Waals surface area contributed by atoms with Crippen molar-refractivity contribution < 1.29 is 14.1 Å². The lowest BCUT2D eigenvalue weighted by atomic mass is 10.2. The Morgan fingerprint density at radius 2 is 2.05 bits per heavy atom. The predicted octanol–water partition coefficient (Wildman–Crippen LogP) is 1.55. The molecule has 1 aromatic rings. The maximum Gasteiger partial charge on any atom is 0.317 e. The lowest BCUT2D eigenvalue weighted by Crippen LogP contribution is -2.51. The van der Waals surface area contributed by atoms with E-state index in [0.29, 0.717) is 37.8 Å². The summed E-state index contributed by atoms with van der Waals surface area (Å²) in [6, 6.07) is -0.0689. The van der Waals surface area contributed by atoms with Crippen molar-refractivity contribution in [2.75, 3.05) is 19.6 Å². The Morgan fingerprint density at radius 1 is 1.38 bits per heavy atom. The van der Waals surface area contributed by atoms with E-state index in [-0.39, 0.29) is 24.2 Å². The van der Waals surface area contributed by atoms with Gasteiger partial charge in [0.1, 0.15) is 0 Å². The molecule has 2 rings (SSSR count). The van der Waals surface area contributed by atoms with Gasteiger partial charge in [-0.3, -0.25) is 0 Å². The van der Waals surface area contributed by atoms with Gasteiger partial charge in [0.2, 0.25) is 5.89 Å². The molecule has 7 nitrogen and oxygen atoms in total. The van der Waals surface area contributed by atoms with Gasteiger partial charge in [-0.05, 0) is 13.8 Å². The van der Waals surface area contributed by atoms with Gasteiger partial charge in [-0.25, -0.2) is 4.79 Å². The molecular weight excluding hydrogens is 272 g/mol. The molecule has 1 fully saturated rings. The normalized spacial score (nSPS) is 22.6. The highest BCUT2D eigenvalue weighted by molar-refractivity contribution is 5.74. The SMILES string of the molecule is CC(C)c1noc(CCNC(=O)N2C[C@@H](C)O[C@@H](C)C2)n1. The maximum atomic E-state index is 12.1. The van der Waals surface area contributed by atoms with Crippen molar-refractivity contribution in [1.82, 2.24) is 20.4 Å². The molecule has 1 aliphatic heterocycles. The molecule has 1 N–H and O–H groups in total. The van der Waals surface area contributed by atoms with Crippen LogP contribution in [0.1, 0.15) is 45.3 Å². The van der Waals surface area contributed by atoms with Gasteiger partial charge >= 0.3 is 6.03 Å². The molecule has 1 aliphatic rings. The van der Waals surface area contributed by atoms with E-state index in [1.807, 2.05) is 27.7 Å². The summed E-state index contributed by atoms with van der Waals surface area (Å²) in [7, 11) is 0. The zero-order chi connectivity index (χ0) is 15.4. The molecule has 0 unspecified atom stereocenters. The summed E-state index contributed by atoms with van der Waals surface area (Å²) < 4.78 is 10.8. The van der Waals surface area contributed by atoms with Crippen molar-refractivity contribution >= 4 is 6.03 Å². The quantitative estimate of drug-likeness (QED) is 0.912. The van der Waals surface area contributed by atoms with Crippen LogP contribution in [-0.2, 0) is 11.2 Å². The summed E-state index contributed by atoms with van der Waals surface area (Å²) in [5.41, 5.74) is 0. The third-order valence-electron chi connectivity index (χ3n) is 3.32. The molecule has 2 amide bonds. The van der Waals surface area contributed by atoms with Crippen molar-refractivity contribution in [1.29, 1.82) is 0 Å². The molecule has 0 bridgehead atoms. The van der Waals surface area contributed by atoms with Crippen molar-refractivity contribution in [3.05, 3.63) is 11.7 Å². The summed E-state index contributed by atoms with van der Waals surface area (Å²) in [6.45, 7) is 9.69. The van der Waals surface area contributed by atoms with Gasteiger partial charge < -0.3 is 19.5 Å². The smallest absolute Gasteiger partial charge is 0.317 e. The molecule has 0 radical (unpaired) electrons. The van der Waals surface area contributed by atoms with Crippen LogP contribution in [0, 0.1) is 0 Å². The highest BCUT2D eigenvalue weighted by atomic mass is 16.5. The molecule has 0 aromatic carbocycles. The maximum absolute atomic E-state index is 12.1. The van der Waals surface area contributed by atoms with Crippen LogP contribution in [0.5, 0.6) is 0 Å². The summed E-state index contributed by atoms with van der Waals surface area (Å²) >= 11 is 0. The number of urea groups is 1. The molecule has 118 valence electrons. The average Bonchev–Trinajstić information content (AvgIpc) is 2.86. The van der Waals surface area contributed by atoms with Crippen LogP contribution in [-0.4, -0.2) is 52.9 Å². The van der Waals surface area contributed by atoms with E-state index in [2.05, 4.69) is 15.5 Å². The van der Waals surface area contributed by atoms with Crippen LogP contribution in [0.2, 0.25) is 0 Å². The van der Waals surface area contributed by atoms with Gasteiger partial charge in [-0.1, -0.05) is 19.0 Å². The zero-order valence-electron chi connectivity index (χ0n) is 13.1. The van der Waals surface area contributed by atoms with Crippen molar-refractivity contribution in [3.8, 4) is 0 Å². The standard InChI is InChI=1S/C14H24N4O3/c1-9(2)13-16-12(21-17-13)5-6-15-14(19)18-7-10(3)20-11(4)8-18/h9-11H,5-8H2,1-4H3,(H,15,19)/t10-,11+. The monoisotopic (exact) mass is 296 g/mol. The fourth-order valence-corrected chi connectivity index (χ4v) is 2.34. The Balaban J connectivity index is 1.76. The van der Waals surface area contributed by atoms with Crippen LogP contribution in [0.3, 0.4) is 0 Å². The number of amides is 2. The van der Waals surface area contributed by atoms with Crippen LogP contribution >= 0.6 is 0 Å². The highest BCUT2D eigenvalue weighted by Crippen LogP contribution is 2.11. The van der Waals surface area contributed by atoms with E-state index in [9.17, 15) is 4.79 Å². The molecule has 7 heteroatoms. The number of aromatic nitrogens is 2. The Kier molecular flexibility index (Phi) is 5.17. The topological polar surface area (TPSA) is 80.5 Å². The van der Waals surface area contributed by atoms with E-state index >= 15 is 0 Å². The first kappa shape index (κ1) is 15.8. The van der Waals surface area contributed by atoms with Gasteiger partial charge in [0.25, 0.3) is 0 Å². The first-order chi connectivity index (χ1) is 9.95. The number of ether oxygens (including phenoxy) is 1. The minimum atomic E-state index is -0.0689. The van der Waals surface area contributed by atoms with E-state index in [4.69, 9.17) is 9.26 Å². The molecule has 1 saturated heterocycles. The second-order valence-corrected chi connectivity index (χ2v) is 5.85. The number of hydrogen-bond acceptors (Lipinski definition) is 5. The Bertz CT molecular complexity index is 465. The van der Waals surface area contributed by atoms with Crippen LogP contribution in [0.25, 0.3) is 0 Å². The minimum Gasteiger partial charge on any atom is -0.372 e. The highest BCUT2D eigenvalue weighted by Gasteiger charge is 2.25. The van der Waals surface area contributed by atoms with Crippen LogP contribution in [0.4, 0.5) is 4.79 Å². The summed E-state index contributed by atoms with van der Waals surface area (Å²) in [6.07, 6.45) is 0.689. The molecule has 1 aromatic heterocycles. The number of nitrogens with one attached hydrogen (secondary N) is 1. The van der Waals surface area contributed by atoms with Crippen LogP contribution < -0.4 is 5.32 Å². The third kappa shape index (κ3) is 4.42. The summed E-state index contributed by atoms with van der Waals surface area (Å²) in [5.74, 6) is 1.50. The van der Waals surface area contributed by atoms with Gasteiger partial charge in [0.05, 0.1) is 12.2 Å². The fourth-order valence-electron chi connectivity index (χ4n) is 2.34. The first-order valence-corrected chi connectivity index (χ1v) is 7.46. The molecule has 0 saturated carbocycles. The molecule has 2 atom stereocenters. The zero-order valence-corrected chi connectivity index (χ0v) is 13.1. The minimum absolute atomic E-state index is 0.0689. The van der Waals surface area contributed by atoms with Gasteiger partial charge in [-0.15, -0.1) is 0 Å². The van der Waals surface area contributed by atoms with E-state index in [1.54, 1.807) is 4.90 Å². The fraction of sp³-hybridized carbons (Fsp3) is 0.786. The van der Waals surface area contributed by atoms with Gasteiger partial charge in [-0.2, -0.15) is 4.98 Å². The van der Waals surface area contributed by atoms with Gasteiger partial charge in [0.15, 0.2) is 5.82 Å². The van der Waals surface area contributed by atoms with E-state index in [0.717, 1.165) is 0 Å². The number of rotatable bonds is 4. The number of morpholine rings is 1. The molecule has 2 heterocycles. The lowest BCUT2D eigenvalue weighted by Gasteiger charge is -2.35. The molecule has 21 heavy (non-hydrogen) atoms. The Morgan fingerprint density at radius 3 is 2.62 bits per heavy atom. The van der Waals surface area contributed by atoms with E-state index < -0.39 is 0 Å². The second-order valence-electron chi connectivity index (χ2n) is 5.85. The molecule has 0 aliphatic carbocycles. The molecule has 0 spiro atoms. The lowest BCUT2D eigenvalue weighted by molar-refractivity contribution is -0.0545. The third-order valence-corrected chi connectivity index (χ3v) is 3.32. The first-order valence-electron chi connectivity index (χ1n) is 7.46. The van der Waals surface area contributed by atoms with Crippen molar-refractivity contribution in [2.45, 2.75) is 52.2 Å². The van der Waals surface area contributed by atoms with Crippen LogP contribution in [0.15, 0.2) is 4.52 Å².